The van der Waals surface area contributed by atoms with Gasteiger partial charge in [-0.25, -0.2) is 9.59 Å². The molecule has 0 bridgehead atoms. The smallest absolute Gasteiger partial charge is 0.352 e. The lowest BCUT2D eigenvalue weighted by Crippen LogP contribution is -2.71. The van der Waals surface area contributed by atoms with Gasteiger partial charge in [-0.1, -0.05) is 77.6 Å². The average Bonchev–Trinajstić information content (AvgIpc) is 3.58. The molecule has 2 aromatic heterocycles. The van der Waals surface area contributed by atoms with Gasteiger partial charge in [0.05, 0.1) is 0 Å². The number of fused-ring (bicyclic) bond motifs is 1. The first-order chi connectivity index (χ1) is 24.7. The third-order valence-electron chi connectivity index (χ3n) is 7.54. The highest BCUT2D eigenvalue weighted by Gasteiger charge is 2.54. The highest BCUT2D eigenvalue weighted by atomic mass is 32.2. The van der Waals surface area contributed by atoms with Crippen LogP contribution in [0.1, 0.15) is 30.0 Å². The number of carboxylic acids is 1. The minimum Gasteiger partial charge on any atom is -0.477 e. The number of rotatable bonds is 13. The molecule has 260 valence electrons. The lowest BCUT2D eigenvalue weighted by Gasteiger charge is -2.49. The SMILES string of the molecule is CC(ON=C(C(=O)NC1C(=O)N2C(C(=O)O)=C(C=CSc3cccnc3)CS[C@@H]12)c1nsc(N)n1)C(=O)OC(c1ccccc1)c1ccccc1. The second kappa shape index (κ2) is 16.0. The number of hydrogen-bond acceptors (Lipinski definition) is 14. The summed E-state index contributed by atoms with van der Waals surface area (Å²) >= 11 is 3.46. The molecular formula is C34H29N7O7S3. The number of nitrogens with zero attached hydrogens (tertiary/aromatic N) is 5. The standard InChI is InChI=1S/C34H29N7O7S3/c1-19(33(46)47-27(20-9-4-2-5-10-20)21-11-6-3-7-12-21)48-39-24(28-38-34(35)51-40-28)29(42)37-25-30(43)41-26(32(44)45)22(18-50-31(25)41)14-16-49-23-13-8-15-36-17-23/h2-17,19,25,27,31H,18H2,1H3,(H,37,42)(H,44,45)(H2,35,38,40)/t19?,25?,31-/m0/s1. The van der Waals surface area contributed by atoms with Crippen molar-refractivity contribution in [1.29, 1.82) is 0 Å². The Morgan fingerprint density at radius 2 is 1.80 bits per heavy atom. The minimum atomic E-state index is -1.28. The summed E-state index contributed by atoms with van der Waals surface area (Å²) in [5.74, 6) is -3.47. The molecule has 51 heavy (non-hydrogen) atoms. The van der Waals surface area contributed by atoms with Crippen molar-refractivity contribution < 1.29 is 33.9 Å². The maximum absolute atomic E-state index is 13.6. The quantitative estimate of drug-likeness (QED) is 0.0584. The van der Waals surface area contributed by atoms with Gasteiger partial charge in [0, 0.05) is 34.6 Å². The van der Waals surface area contributed by atoms with Crippen LogP contribution in [0, 0.1) is 0 Å². The predicted molar refractivity (Wildman–Crippen MR) is 191 cm³/mol. The van der Waals surface area contributed by atoms with Crippen LogP contribution in [0.2, 0.25) is 0 Å². The number of ether oxygens (including phenoxy) is 1. The normalized spacial score (nSPS) is 17.9. The molecule has 14 nitrogen and oxygen atoms in total. The molecular weight excluding hydrogens is 715 g/mol. The lowest BCUT2D eigenvalue weighted by atomic mass is 10.0. The molecule has 2 aliphatic rings. The van der Waals surface area contributed by atoms with Gasteiger partial charge in [0.25, 0.3) is 11.8 Å². The van der Waals surface area contributed by atoms with E-state index in [4.69, 9.17) is 15.3 Å². The van der Waals surface area contributed by atoms with Crippen molar-refractivity contribution in [3.63, 3.8) is 0 Å². The van der Waals surface area contributed by atoms with Gasteiger partial charge in [0.15, 0.2) is 11.2 Å². The number of carboxylic acid groups (broad SMARTS) is 1. The van der Waals surface area contributed by atoms with Crippen LogP contribution in [0.15, 0.2) is 118 Å². The van der Waals surface area contributed by atoms with Crippen LogP contribution in [-0.2, 0) is 28.8 Å². The number of allylic oxidation sites excluding steroid dienone is 1. The summed E-state index contributed by atoms with van der Waals surface area (Å²) in [4.78, 5) is 68.0. The van der Waals surface area contributed by atoms with Gasteiger partial charge in [-0.2, -0.15) is 9.36 Å². The number of pyridine rings is 1. The second-order valence-electron chi connectivity index (χ2n) is 10.9. The van der Waals surface area contributed by atoms with Crippen molar-refractivity contribution in [2.24, 2.45) is 5.16 Å². The fourth-order valence-electron chi connectivity index (χ4n) is 5.08. The summed E-state index contributed by atoms with van der Waals surface area (Å²) < 4.78 is 9.89. The van der Waals surface area contributed by atoms with E-state index >= 15 is 0 Å². The number of carbonyl (C=O) groups is 4. The molecule has 4 heterocycles. The van der Waals surface area contributed by atoms with E-state index in [1.54, 1.807) is 29.9 Å². The Kier molecular flexibility index (Phi) is 11.1. The summed E-state index contributed by atoms with van der Waals surface area (Å²) in [5, 5.41) is 17.6. The number of aromatic nitrogens is 3. The summed E-state index contributed by atoms with van der Waals surface area (Å²) in [7, 11) is 0. The molecule has 2 amide bonds. The number of β-lactam (4-membered cyclic amide) rings is 1. The maximum Gasteiger partial charge on any atom is 0.352 e. The van der Waals surface area contributed by atoms with E-state index in [2.05, 4.69) is 24.8 Å². The fourth-order valence-corrected chi connectivity index (χ4v) is 7.50. The zero-order valence-electron chi connectivity index (χ0n) is 26.7. The molecule has 4 aromatic rings. The minimum absolute atomic E-state index is 0.0405. The van der Waals surface area contributed by atoms with Crippen molar-refractivity contribution in [2.45, 2.75) is 35.4 Å². The van der Waals surface area contributed by atoms with E-state index in [1.165, 1.54) is 30.4 Å². The largest absolute Gasteiger partial charge is 0.477 e. The summed E-state index contributed by atoms with van der Waals surface area (Å²) in [6.07, 6.45) is 2.96. The Labute approximate surface area is 304 Å². The molecule has 2 aromatic carbocycles. The number of nitrogens with one attached hydrogen (secondary N) is 1. The molecule has 0 spiro atoms. The highest BCUT2D eigenvalue weighted by molar-refractivity contribution is 8.02. The van der Waals surface area contributed by atoms with E-state index in [0.29, 0.717) is 5.57 Å². The van der Waals surface area contributed by atoms with Crippen LogP contribution in [0.3, 0.4) is 0 Å². The molecule has 3 atom stereocenters. The Morgan fingerprint density at radius 3 is 2.41 bits per heavy atom. The topological polar surface area (TPSA) is 199 Å². The Balaban J connectivity index is 1.15. The van der Waals surface area contributed by atoms with Crippen molar-refractivity contribution in [3.8, 4) is 0 Å². The summed E-state index contributed by atoms with van der Waals surface area (Å²) in [5.41, 5.74) is 7.08. The van der Waals surface area contributed by atoms with Crippen LogP contribution in [-0.4, -0.2) is 77.1 Å². The monoisotopic (exact) mass is 743 g/mol. The number of hydrogen-bond donors (Lipinski definition) is 3. The number of thioether (sulfide) groups is 2. The number of carbonyl (C=O) groups excluding carboxylic acids is 3. The Hall–Kier alpha value is -5.52. The van der Waals surface area contributed by atoms with Gasteiger partial charge in [0.2, 0.25) is 17.6 Å². The average molecular weight is 744 g/mol. The van der Waals surface area contributed by atoms with Crippen LogP contribution in [0.25, 0.3) is 0 Å². The first kappa shape index (κ1) is 35.3. The van der Waals surface area contributed by atoms with Crippen molar-refractivity contribution >= 4 is 69.7 Å². The van der Waals surface area contributed by atoms with Crippen molar-refractivity contribution in [3.05, 3.63) is 125 Å². The Morgan fingerprint density at radius 1 is 1.10 bits per heavy atom. The zero-order valence-corrected chi connectivity index (χ0v) is 29.1. The van der Waals surface area contributed by atoms with E-state index < -0.39 is 53.1 Å². The maximum atomic E-state index is 13.6. The van der Waals surface area contributed by atoms with Gasteiger partial charge in [-0.05, 0) is 47.2 Å². The molecule has 2 aliphatic heterocycles. The molecule has 0 aliphatic carbocycles. The highest BCUT2D eigenvalue weighted by Crippen LogP contribution is 2.41. The number of aliphatic carboxylic acids is 1. The fraction of sp³-hybridized carbons (Fsp3) is 0.176. The first-order valence-electron chi connectivity index (χ1n) is 15.3. The number of amides is 2. The number of esters is 1. The third kappa shape index (κ3) is 8.11. The van der Waals surface area contributed by atoms with Crippen LogP contribution in [0.5, 0.6) is 0 Å². The number of nitrogens with two attached hydrogens (primary N) is 1. The van der Waals surface area contributed by atoms with E-state index in [-0.39, 0.29) is 22.4 Å². The first-order valence-corrected chi connectivity index (χ1v) is 18.0. The molecule has 0 radical (unpaired) electrons. The summed E-state index contributed by atoms with van der Waals surface area (Å²) in [6, 6.07) is 20.9. The van der Waals surface area contributed by atoms with E-state index in [0.717, 1.165) is 32.5 Å². The predicted octanol–water partition coefficient (Wildman–Crippen LogP) is 4.00. The van der Waals surface area contributed by atoms with E-state index in [9.17, 15) is 24.3 Å². The molecule has 0 saturated carbocycles. The van der Waals surface area contributed by atoms with Gasteiger partial charge in [0.1, 0.15) is 17.1 Å². The molecule has 2 unspecified atom stereocenters. The number of oxime groups is 1. The number of nitrogen functional groups attached to an aromatic ring is 1. The zero-order chi connectivity index (χ0) is 35.9. The van der Waals surface area contributed by atoms with E-state index in [1.807, 2.05) is 66.7 Å². The molecule has 1 saturated heterocycles. The molecule has 17 heteroatoms. The summed E-state index contributed by atoms with van der Waals surface area (Å²) in [6.45, 7) is 1.41. The van der Waals surface area contributed by atoms with Crippen molar-refractivity contribution in [1.82, 2.24) is 24.6 Å². The van der Waals surface area contributed by atoms with Gasteiger partial charge in [-0.15, -0.1) is 11.8 Å². The van der Waals surface area contributed by atoms with Gasteiger partial charge < -0.3 is 25.7 Å². The number of anilines is 1. The Bertz CT molecular complexity index is 1970. The molecule has 6 rings (SSSR count). The van der Waals surface area contributed by atoms with Crippen LogP contribution < -0.4 is 11.1 Å². The van der Waals surface area contributed by atoms with Crippen molar-refractivity contribution in [2.75, 3.05) is 11.5 Å². The van der Waals surface area contributed by atoms with Crippen LogP contribution in [0.4, 0.5) is 5.13 Å². The molecule has 4 N–H and O–H groups in total. The molecule has 1 fully saturated rings. The second-order valence-corrected chi connectivity index (χ2v) is 13.8. The van der Waals surface area contributed by atoms with Gasteiger partial charge >= 0.3 is 11.9 Å². The van der Waals surface area contributed by atoms with Gasteiger partial charge in [-0.3, -0.25) is 19.5 Å². The number of benzene rings is 2. The third-order valence-corrected chi connectivity index (χ3v) is 10.2. The lowest BCUT2D eigenvalue weighted by molar-refractivity contribution is -0.160. The van der Waals surface area contributed by atoms with Crippen LogP contribution >= 0.6 is 35.1 Å².